The monoisotopic (exact) mass is 476 g/mol. The van der Waals surface area contributed by atoms with Crippen LogP contribution in [0.2, 0.25) is 5.02 Å². The Morgan fingerprint density at radius 1 is 0.971 bits per heavy atom. The molecule has 1 aliphatic rings. The molecular formula is C28H29ClN2O3. The molecule has 0 aromatic heterocycles. The van der Waals surface area contributed by atoms with Gasteiger partial charge in [-0.3, -0.25) is 4.79 Å². The van der Waals surface area contributed by atoms with E-state index in [0.29, 0.717) is 5.02 Å². The van der Waals surface area contributed by atoms with Gasteiger partial charge in [-0.25, -0.2) is 4.79 Å². The fraction of sp³-hybridized carbons (Fsp3) is 0.286. The van der Waals surface area contributed by atoms with Crippen molar-refractivity contribution in [1.82, 2.24) is 5.32 Å². The lowest BCUT2D eigenvalue weighted by Gasteiger charge is -2.33. The zero-order valence-electron chi connectivity index (χ0n) is 19.3. The third-order valence-electron chi connectivity index (χ3n) is 6.28. The van der Waals surface area contributed by atoms with Crippen LogP contribution < -0.4 is 10.2 Å². The highest BCUT2D eigenvalue weighted by molar-refractivity contribution is 6.30. The van der Waals surface area contributed by atoms with Gasteiger partial charge in [0.25, 0.3) is 0 Å². The van der Waals surface area contributed by atoms with Gasteiger partial charge in [-0.15, -0.1) is 0 Å². The Morgan fingerprint density at radius 3 is 2.29 bits per heavy atom. The first kappa shape index (κ1) is 23.8. The van der Waals surface area contributed by atoms with Gasteiger partial charge in [-0.2, -0.15) is 0 Å². The number of aromatic carboxylic acids is 1. The minimum absolute atomic E-state index is 0.141. The van der Waals surface area contributed by atoms with Crippen LogP contribution in [0, 0.1) is 6.92 Å². The van der Waals surface area contributed by atoms with E-state index in [9.17, 15) is 9.59 Å². The number of carbonyl (C=O) groups excluding carboxylic acids is 1. The molecule has 1 unspecified atom stereocenters. The van der Waals surface area contributed by atoms with Crippen molar-refractivity contribution in [2.45, 2.75) is 38.6 Å². The van der Waals surface area contributed by atoms with Gasteiger partial charge >= 0.3 is 5.97 Å². The summed E-state index contributed by atoms with van der Waals surface area (Å²) in [5.41, 5.74) is 5.17. The van der Waals surface area contributed by atoms with Crippen molar-refractivity contribution in [3.63, 3.8) is 0 Å². The molecule has 0 bridgehead atoms. The fourth-order valence-corrected chi connectivity index (χ4v) is 4.62. The first-order valence-corrected chi connectivity index (χ1v) is 12.0. The van der Waals surface area contributed by atoms with Gasteiger partial charge in [-0.1, -0.05) is 53.6 Å². The van der Waals surface area contributed by atoms with E-state index in [1.165, 1.54) is 18.6 Å². The van der Waals surface area contributed by atoms with Crippen molar-refractivity contribution >= 4 is 29.2 Å². The number of nitrogens with zero attached hydrogens (tertiary/aromatic N) is 1. The number of carboxylic acid groups (broad SMARTS) is 1. The molecule has 0 saturated carbocycles. The Morgan fingerprint density at radius 2 is 1.65 bits per heavy atom. The van der Waals surface area contributed by atoms with Crippen molar-refractivity contribution in [1.29, 1.82) is 0 Å². The molecule has 2 N–H and O–H groups in total. The maximum absolute atomic E-state index is 13.2. The lowest BCUT2D eigenvalue weighted by Crippen LogP contribution is -2.34. The maximum atomic E-state index is 13.2. The van der Waals surface area contributed by atoms with Gasteiger partial charge in [0, 0.05) is 29.4 Å². The van der Waals surface area contributed by atoms with Crippen LogP contribution in [0.1, 0.15) is 57.9 Å². The Kier molecular flexibility index (Phi) is 7.53. The van der Waals surface area contributed by atoms with Crippen molar-refractivity contribution < 1.29 is 14.7 Å². The second-order valence-electron chi connectivity index (χ2n) is 8.84. The molecule has 0 radical (unpaired) electrons. The van der Waals surface area contributed by atoms with E-state index in [-0.39, 0.29) is 23.9 Å². The molecule has 3 aromatic carbocycles. The zero-order valence-corrected chi connectivity index (χ0v) is 20.0. The number of carboxylic acids is 1. The molecule has 1 fully saturated rings. The molecule has 0 aliphatic carbocycles. The van der Waals surface area contributed by atoms with Gasteiger partial charge < -0.3 is 15.3 Å². The van der Waals surface area contributed by atoms with E-state index >= 15 is 0 Å². The molecule has 3 aromatic rings. The van der Waals surface area contributed by atoms with E-state index in [1.807, 2.05) is 43.3 Å². The molecule has 34 heavy (non-hydrogen) atoms. The Labute approximate surface area is 205 Å². The van der Waals surface area contributed by atoms with Crippen LogP contribution in [0.5, 0.6) is 0 Å². The van der Waals surface area contributed by atoms with Crippen molar-refractivity contribution in [2.24, 2.45) is 0 Å². The van der Waals surface area contributed by atoms with Gasteiger partial charge in [0.05, 0.1) is 18.0 Å². The van der Waals surface area contributed by atoms with E-state index in [0.717, 1.165) is 53.9 Å². The molecule has 6 heteroatoms. The normalized spacial score (nSPS) is 14.5. The van der Waals surface area contributed by atoms with E-state index in [2.05, 4.69) is 16.3 Å². The summed E-state index contributed by atoms with van der Waals surface area (Å²) < 4.78 is 0. The smallest absolute Gasteiger partial charge is 0.335 e. The third kappa shape index (κ3) is 5.78. The lowest BCUT2D eigenvalue weighted by molar-refractivity contribution is -0.120. The van der Waals surface area contributed by atoms with Crippen LogP contribution in [0.25, 0.3) is 0 Å². The number of aryl methyl sites for hydroxylation is 1. The van der Waals surface area contributed by atoms with Gasteiger partial charge in [0.2, 0.25) is 5.91 Å². The van der Waals surface area contributed by atoms with Gasteiger partial charge in [-0.05, 0) is 67.6 Å². The minimum atomic E-state index is -0.985. The highest BCUT2D eigenvalue weighted by atomic mass is 35.5. The number of nitrogens with one attached hydrogen (secondary N) is 1. The topological polar surface area (TPSA) is 69.6 Å². The highest BCUT2D eigenvalue weighted by Gasteiger charge is 2.24. The number of hydrogen-bond acceptors (Lipinski definition) is 3. The average Bonchev–Trinajstić information content (AvgIpc) is 2.84. The van der Waals surface area contributed by atoms with Crippen LogP contribution in [-0.2, 0) is 11.2 Å². The molecule has 0 spiro atoms. The number of anilines is 1. The molecular weight excluding hydrogens is 448 g/mol. The van der Waals surface area contributed by atoms with Crippen LogP contribution in [0.4, 0.5) is 5.69 Å². The van der Waals surface area contributed by atoms with Crippen LogP contribution in [0.3, 0.4) is 0 Å². The number of piperidine rings is 1. The van der Waals surface area contributed by atoms with E-state index in [1.54, 1.807) is 12.1 Å². The van der Waals surface area contributed by atoms with Crippen molar-refractivity contribution in [3.05, 3.63) is 99.6 Å². The molecule has 1 heterocycles. The number of carbonyl (C=O) groups is 2. The third-order valence-corrected chi connectivity index (χ3v) is 6.51. The Balaban J connectivity index is 1.65. The number of halogens is 1. The molecule has 1 amide bonds. The number of rotatable bonds is 7. The predicted octanol–water partition coefficient (Wildman–Crippen LogP) is 5.79. The SMILES string of the molecule is Cc1ccc(C(NC(=O)Cc2ccc(C(=O)O)cc2)c2cc(Cl)ccc2N2CCCCC2)cc1. The maximum Gasteiger partial charge on any atom is 0.335 e. The van der Waals surface area contributed by atoms with Crippen LogP contribution >= 0.6 is 11.6 Å². The van der Waals surface area contributed by atoms with Gasteiger partial charge in [0.1, 0.15) is 0 Å². The summed E-state index contributed by atoms with van der Waals surface area (Å²) in [7, 11) is 0. The summed E-state index contributed by atoms with van der Waals surface area (Å²) in [5.74, 6) is -1.13. The second kappa shape index (κ2) is 10.7. The molecule has 1 atom stereocenters. The number of benzene rings is 3. The number of hydrogen-bond donors (Lipinski definition) is 2. The summed E-state index contributed by atoms with van der Waals surface area (Å²) in [6, 6.07) is 20.2. The second-order valence-corrected chi connectivity index (χ2v) is 9.28. The zero-order chi connectivity index (χ0) is 24.1. The first-order chi connectivity index (χ1) is 16.4. The predicted molar refractivity (Wildman–Crippen MR) is 136 cm³/mol. The quantitative estimate of drug-likeness (QED) is 0.453. The highest BCUT2D eigenvalue weighted by Crippen LogP contribution is 2.35. The summed E-state index contributed by atoms with van der Waals surface area (Å²) in [6.07, 6.45) is 3.69. The van der Waals surface area contributed by atoms with E-state index < -0.39 is 5.97 Å². The molecule has 1 saturated heterocycles. The summed E-state index contributed by atoms with van der Waals surface area (Å²) in [4.78, 5) is 26.6. The summed E-state index contributed by atoms with van der Waals surface area (Å²) >= 11 is 6.44. The molecule has 1 aliphatic heterocycles. The average molecular weight is 477 g/mol. The largest absolute Gasteiger partial charge is 0.478 e. The first-order valence-electron chi connectivity index (χ1n) is 11.6. The number of amides is 1. The Hall–Kier alpha value is -3.31. The molecule has 5 nitrogen and oxygen atoms in total. The van der Waals surface area contributed by atoms with Crippen LogP contribution in [0.15, 0.2) is 66.7 Å². The fourth-order valence-electron chi connectivity index (χ4n) is 4.44. The standard InChI is InChI=1S/C28H29ClN2O3/c1-19-5-9-21(10-6-19)27(30-26(32)17-20-7-11-22(12-8-20)28(33)34)24-18-23(29)13-14-25(24)31-15-3-2-4-16-31/h5-14,18,27H,2-4,15-17H2,1H3,(H,30,32)(H,33,34). The summed E-state index contributed by atoms with van der Waals surface area (Å²) in [6.45, 7) is 4.01. The summed E-state index contributed by atoms with van der Waals surface area (Å²) in [5, 5.41) is 13.0. The lowest BCUT2D eigenvalue weighted by atomic mass is 9.94. The van der Waals surface area contributed by atoms with Crippen molar-refractivity contribution in [3.8, 4) is 0 Å². The van der Waals surface area contributed by atoms with Crippen molar-refractivity contribution in [2.75, 3.05) is 18.0 Å². The Bertz CT molecular complexity index is 1150. The molecule has 4 rings (SSSR count). The molecule has 176 valence electrons. The van der Waals surface area contributed by atoms with Gasteiger partial charge in [0.15, 0.2) is 0 Å². The minimum Gasteiger partial charge on any atom is -0.478 e. The van der Waals surface area contributed by atoms with Crippen LogP contribution in [-0.4, -0.2) is 30.1 Å². The van der Waals surface area contributed by atoms with E-state index in [4.69, 9.17) is 16.7 Å².